The number of amides is 1. The molecule has 0 saturated carbocycles. The van der Waals surface area contributed by atoms with E-state index in [1.807, 2.05) is 0 Å². The molecular weight excluding hydrogens is 334 g/mol. The predicted octanol–water partition coefficient (Wildman–Crippen LogP) is -1.73. The van der Waals surface area contributed by atoms with Gasteiger partial charge in [0, 0.05) is 18.9 Å². The van der Waals surface area contributed by atoms with E-state index in [4.69, 9.17) is 9.84 Å². The fourth-order valence-electron chi connectivity index (χ4n) is 2.89. The summed E-state index contributed by atoms with van der Waals surface area (Å²) in [6.45, 7) is 0.452. The van der Waals surface area contributed by atoms with E-state index < -0.39 is 54.9 Å². The molecule has 0 radical (unpaired) electrons. The lowest BCUT2D eigenvalue weighted by molar-refractivity contribution is -0.282. The van der Waals surface area contributed by atoms with Gasteiger partial charge in [0.2, 0.25) is 5.91 Å². The van der Waals surface area contributed by atoms with Crippen molar-refractivity contribution in [3.8, 4) is 5.75 Å². The molecule has 1 aliphatic heterocycles. The van der Waals surface area contributed by atoms with Crippen LogP contribution in [0.1, 0.15) is 23.7 Å². The lowest BCUT2D eigenvalue weighted by atomic mass is 9.78. The van der Waals surface area contributed by atoms with E-state index in [1.54, 1.807) is 0 Å². The van der Waals surface area contributed by atoms with Crippen LogP contribution in [0.4, 0.5) is 0 Å². The summed E-state index contributed by atoms with van der Waals surface area (Å²) in [6, 6.07) is 5.27. The standard InChI is InChI=1S/C16H21NO8/c1-8(19)17-16(6-11(21)9-2-4-10(20)5-3-9)14(23)13(22)12(7-18)25-15(16)24/h2-5,12-15,18,20,22-24H,6-7H2,1H3,(H,17,19)/t12-,13+,14+,15+,16-/m1/s1. The number of aliphatic hydroxyl groups excluding tert-OH is 4. The van der Waals surface area contributed by atoms with Crippen molar-refractivity contribution in [1.82, 2.24) is 5.32 Å². The van der Waals surface area contributed by atoms with Gasteiger partial charge in [-0.1, -0.05) is 0 Å². The van der Waals surface area contributed by atoms with Gasteiger partial charge in [-0.3, -0.25) is 9.59 Å². The van der Waals surface area contributed by atoms with E-state index in [0.29, 0.717) is 0 Å². The summed E-state index contributed by atoms with van der Waals surface area (Å²) in [7, 11) is 0. The molecule has 1 saturated heterocycles. The van der Waals surface area contributed by atoms with E-state index >= 15 is 0 Å². The molecular formula is C16H21NO8. The Morgan fingerprint density at radius 2 is 1.80 bits per heavy atom. The zero-order chi connectivity index (χ0) is 18.8. The van der Waals surface area contributed by atoms with Crippen molar-refractivity contribution in [3.05, 3.63) is 29.8 Å². The molecule has 9 heteroatoms. The fourth-order valence-corrected chi connectivity index (χ4v) is 2.89. The van der Waals surface area contributed by atoms with Crippen molar-refractivity contribution < 1.29 is 39.9 Å². The second-order valence-corrected chi connectivity index (χ2v) is 6.01. The Morgan fingerprint density at radius 1 is 1.20 bits per heavy atom. The molecule has 1 aromatic rings. The molecule has 6 N–H and O–H groups in total. The van der Waals surface area contributed by atoms with Crippen LogP contribution in [0.25, 0.3) is 0 Å². The molecule has 138 valence electrons. The van der Waals surface area contributed by atoms with Gasteiger partial charge in [-0.25, -0.2) is 0 Å². The van der Waals surface area contributed by atoms with E-state index in [9.17, 15) is 30.0 Å². The molecule has 9 nitrogen and oxygen atoms in total. The number of ketones is 1. The molecule has 1 fully saturated rings. The number of hydrogen-bond acceptors (Lipinski definition) is 8. The molecule has 2 rings (SSSR count). The van der Waals surface area contributed by atoms with Gasteiger partial charge in [-0.15, -0.1) is 0 Å². The quantitative estimate of drug-likeness (QED) is 0.340. The third-order valence-corrected chi connectivity index (χ3v) is 4.21. The highest BCUT2D eigenvalue weighted by Crippen LogP contribution is 2.33. The zero-order valence-corrected chi connectivity index (χ0v) is 13.5. The first-order chi connectivity index (χ1) is 11.7. The molecule has 0 bridgehead atoms. The van der Waals surface area contributed by atoms with Crippen LogP contribution >= 0.6 is 0 Å². The molecule has 1 aromatic carbocycles. The van der Waals surface area contributed by atoms with Gasteiger partial charge in [-0.2, -0.15) is 0 Å². The van der Waals surface area contributed by atoms with Crippen molar-refractivity contribution in [1.29, 1.82) is 0 Å². The maximum atomic E-state index is 12.5. The van der Waals surface area contributed by atoms with Gasteiger partial charge in [0.05, 0.1) is 6.61 Å². The summed E-state index contributed by atoms with van der Waals surface area (Å²) in [5, 5.41) is 51.5. The molecule has 1 amide bonds. The molecule has 5 atom stereocenters. The third kappa shape index (κ3) is 3.80. The van der Waals surface area contributed by atoms with Crippen molar-refractivity contribution in [2.75, 3.05) is 6.61 Å². The predicted molar refractivity (Wildman–Crippen MR) is 83.6 cm³/mol. The van der Waals surface area contributed by atoms with Crippen LogP contribution in [0.3, 0.4) is 0 Å². The Labute approximate surface area is 143 Å². The lowest BCUT2D eigenvalue weighted by Gasteiger charge is -2.49. The number of phenolic OH excluding ortho intramolecular Hbond substituents is 1. The number of benzene rings is 1. The lowest BCUT2D eigenvalue weighted by Crippen LogP contribution is -2.73. The van der Waals surface area contributed by atoms with E-state index in [1.165, 1.54) is 24.3 Å². The Hall–Kier alpha value is -2.04. The summed E-state index contributed by atoms with van der Waals surface area (Å²) < 4.78 is 5.08. The Kier molecular flexibility index (Phi) is 5.76. The number of Topliss-reactive ketones (excluding diaryl/α,β-unsaturated/α-hetero) is 1. The molecule has 0 aromatic heterocycles. The minimum Gasteiger partial charge on any atom is -0.508 e. The normalized spacial score (nSPS) is 32.2. The molecule has 0 unspecified atom stereocenters. The van der Waals surface area contributed by atoms with E-state index in [-0.39, 0.29) is 11.3 Å². The van der Waals surface area contributed by atoms with Crippen LogP contribution in [0.2, 0.25) is 0 Å². The van der Waals surface area contributed by atoms with Crippen molar-refractivity contribution in [2.24, 2.45) is 0 Å². The van der Waals surface area contributed by atoms with Crippen LogP contribution in [0, 0.1) is 0 Å². The van der Waals surface area contributed by atoms with E-state index in [2.05, 4.69) is 5.32 Å². The zero-order valence-electron chi connectivity index (χ0n) is 13.5. The largest absolute Gasteiger partial charge is 0.508 e. The summed E-state index contributed by atoms with van der Waals surface area (Å²) in [5.41, 5.74) is -1.83. The molecule has 1 aliphatic rings. The Bertz CT molecular complexity index is 634. The summed E-state index contributed by atoms with van der Waals surface area (Å²) >= 11 is 0. The number of aliphatic hydroxyl groups is 4. The average Bonchev–Trinajstić information content (AvgIpc) is 2.56. The van der Waals surface area contributed by atoms with Crippen molar-refractivity contribution >= 4 is 11.7 Å². The van der Waals surface area contributed by atoms with Crippen LogP contribution in [0.5, 0.6) is 5.75 Å². The monoisotopic (exact) mass is 355 g/mol. The molecule has 0 aliphatic carbocycles. The van der Waals surface area contributed by atoms with Crippen LogP contribution in [-0.2, 0) is 9.53 Å². The topological polar surface area (TPSA) is 157 Å². The highest BCUT2D eigenvalue weighted by atomic mass is 16.6. The van der Waals surface area contributed by atoms with Gasteiger partial charge in [0.15, 0.2) is 12.1 Å². The molecule has 1 heterocycles. The number of hydrogen-bond donors (Lipinski definition) is 6. The SMILES string of the molecule is CC(=O)N[C@@]1(CC(=O)c2ccc(O)cc2)[C@@H](O)O[C@H](CO)[C@H](O)[C@@H]1O. The highest BCUT2D eigenvalue weighted by molar-refractivity contribution is 5.97. The van der Waals surface area contributed by atoms with Crippen LogP contribution in [0.15, 0.2) is 24.3 Å². The minimum atomic E-state index is -1.99. The van der Waals surface area contributed by atoms with E-state index in [0.717, 1.165) is 6.92 Å². The first-order valence-corrected chi connectivity index (χ1v) is 7.62. The van der Waals surface area contributed by atoms with Crippen molar-refractivity contribution in [2.45, 2.75) is 43.5 Å². The van der Waals surface area contributed by atoms with Gasteiger partial charge in [0.1, 0.15) is 29.6 Å². The molecule has 0 spiro atoms. The van der Waals surface area contributed by atoms with Crippen LogP contribution in [-0.4, -0.2) is 74.0 Å². The number of nitrogens with one attached hydrogen (secondary N) is 1. The maximum absolute atomic E-state index is 12.5. The minimum absolute atomic E-state index is 0.0459. The number of carbonyl (C=O) groups excluding carboxylic acids is 2. The van der Waals surface area contributed by atoms with Gasteiger partial charge >= 0.3 is 0 Å². The second kappa shape index (κ2) is 7.46. The third-order valence-electron chi connectivity index (χ3n) is 4.21. The fraction of sp³-hybridized carbons (Fsp3) is 0.500. The number of ether oxygens (including phenoxy) is 1. The van der Waals surface area contributed by atoms with Crippen molar-refractivity contribution in [3.63, 3.8) is 0 Å². The summed E-state index contributed by atoms with van der Waals surface area (Å²) in [4.78, 5) is 24.1. The average molecular weight is 355 g/mol. The van der Waals surface area contributed by atoms with Crippen LogP contribution < -0.4 is 5.32 Å². The smallest absolute Gasteiger partial charge is 0.217 e. The van der Waals surface area contributed by atoms with Gasteiger partial charge < -0.3 is 35.6 Å². The first kappa shape index (κ1) is 19.3. The second-order valence-electron chi connectivity index (χ2n) is 6.01. The van der Waals surface area contributed by atoms with Gasteiger partial charge in [-0.05, 0) is 24.3 Å². The number of phenols is 1. The molecule has 25 heavy (non-hydrogen) atoms. The summed E-state index contributed by atoms with van der Waals surface area (Å²) in [6.07, 6.45) is -7.08. The maximum Gasteiger partial charge on any atom is 0.217 e. The number of rotatable bonds is 5. The number of aromatic hydroxyl groups is 1. The first-order valence-electron chi connectivity index (χ1n) is 7.62. The summed E-state index contributed by atoms with van der Waals surface area (Å²) in [5.74, 6) is -1.27. The Morgan fingerprint density at radius 3 is 2.32 bits per heavy atom. The Balaban J connectivity index is 2.35. The number of carbonyl (C=O) groups is 2. The highest BCUT2D eigenvalue weighted by Gasteiger charge is 2.56. The van der Waals surface area contributed by atoms with Gasteiger partial charge in [0.25, 0.3) is 0 Å².